The van der Waals surface area contributed by atoms with Gasteiger partial charge in [-0.25, -0.2) is 4.79 Å². The Morgan fingerprint density at radius 3 is 2.47 bits per heavy atom. The van der Waals surface area contributed by atoms with E-state index in [1.165, 1.54) is 18.2 Å². The van der Waals surface area contributed by atoms with Crippen LogP contribution in [0.3, 0.4) is 0 Å². The highest BCUT2D eigenvalue weighted by Gasteiger charge is 2.28. The highest BCUT2D eigenvalue weighted by Crippen LogP contribution is 2.43. The molecule has 3 N–H and O–H groups in total. The van der Waals surface area contributed by atoms with E-state index in [0.29, 0.717) is 41.6 Å². The summed E-state index contributed by atoms with van der Waals surface area (Å²) in [5.41, 5.74) is 6.42. The van der Waals surface area contributed by atoms with Gasteiger partial charge in [0, 0.05) is 35.2 Å². The average molecular weight is 515 g/mol. The predicted octanol–water partition coefficient (Wildman–Crippen LogP) is 2.66. The van der Waals surface area contributed by atoms with Gasteiger partial charge in [0.2, 0.25) is 5.88 Å². The first-order valence-corrected chi connectivity index (χ1v) is 11.4. The molecular weight excluding hydrogens is 492 g/mol. The Kier molecular flexibility index (Phi) is 7.38. The fourth-order valence-electron chi connectivity index (χ4n) is 3.35. The summed E-state index contributed by atoms with van der Waals surface area (Å²) in [5.74, 6) is -0.146. The zero-order valence-electron chi connectivity index (χ0n) is 19.3. The van der Waals surface area contributed by atoms with Crippen LogP contribution in [0.2, 0.25) is 0 Å². The maximum absolute atomic E-state index is 13.4. The van der Waals surface area contributed by atoms with E-state index in [2.05, 4.69) is 15.5 Å². The molecule has 1 aromatic carbocycles. The average Bonchev–Trinajstić information content (AvgIpc) is 3.13. The van der Waals surface area contributed by atoms with Gasteiger partial charge in [-0.2, -0.15) is 0 Å². The van der Waals surface area contributed by atoms with Gasteiger partial charge in [0.15, 0.2) is 10.9 Å². The number of carbonyl (C=O) groups excluding carboxylic acids is 2. The molecule has 2 amide bonds. The first kappa shape index (κ1) is 25.0. The molecule has 1 saturated heterocycles. The van der Waals surface area contributed by atoms with Crippen molar-refractivity contribution in [2.75, 3.05) is 32.6 Å². The van der Waals surface area contributed by atoms with Gasteiger partial charge in [-0.15, -0.1) is 10.2 Å². The highest BCUT2D eigenvalue weighted by molar-refractivity contribution is 7.18. The number of non-ortho nitro benzene ring substituents is 1. The van der Waals surface area contributed by atoms with Gasteiger partial charge in [0.05, 0.1) is 23.7 Å². The van der Waals surface area contributed by atoms with Crippen LogP contribution < -0.4 is 20.5 Å². The third kappa shape index (κ3) is 5.73. The molecule has 0 spiro atoms. The molecule has 0 saturated carbocycles. The number of carbonyl (C=O) groups is 2. The van der Waals surface area contributed by atoms with Crippen molar-refractivity contribution in [3.05, 3.63) is 57.6 Å². The SMILES string of the molecule is CN(C)Cc1c(-c2ccc([N+](=O)[O-])cc2)sc(OC(N)=O)c1C(=O)Nc1ccc(OC2COC2)nn1. The monoisotopic (exact) mass is 514 g/mol. The Bertz CT molecular complexity index is 1270. The fourth-order valence-corrected chi connectivity index (χ4v) is 4.52. The summed E-state index contributed by atoms with van der Waals surface area (Å²) in [4.78, 5) is 37.9. The summed E-state index contributed by atoms with van der Waals surface area (Å²) < 4.78 is 15.8. The number of nitro benzene ring substituents is 1. The van der Waals surface area contributed by atoms with E-state index in [0.717, 1.165) is 11.3 Å². The number of hydrogen-bond donors (Lipinski definition) is 2. The van der Waals surface area contributed by atoms with Gasteiger partial charge >= 0.3 is 6.09 Å². The number of amides is 2. The van der Waals surface area contributed by atoms with E-state index in [1.54, 1.807) is 18.2 Å². The van der Waals surface area contributed by atoms with E-state index in [4.69, 9.17) is 19.9 Å². The Balaban J connectivity index is 1.67. The minimum absolute atomic E-state index is 0.0110. The number of hydrogen-bond acceptors (Lipinski definition) is 11. The second-order valence-electron chi connectivity index (χ2n) is 8.02. The molecule has 0 atom stereocenters. The largest absolute Gasteiger partial charge is 0.468 e. The van der Waals surface area contributed by atoms with Crippen LogP contribution in [0, 0.1) is 10.1 Å². The van der Waals surface area contributed by atoms with Gasteiger partial charge in [-0.05, 0) is 37.9 Å². The van der Waals surface area contributed by atoms with E-state index >= 15 is 0 Å². The van der Waals surface area contributed by atoms with Crippen LogP contribution in [-0.2, 0) is 11.3 Å². The molecule has 4 rings (SSSR count). The Hall–Kier alpha value is -4.14. The zero-order chi connectivity index (χ0) is 25.8. The summed E-state index contributed by atoms with van der Waals surface area (Å²) in [5, 5.41) is 21.6. The zero-order valence-corrected chi connectivity index (χ0v) is 20.1. The first-order valence-electron chi connectivity index (χ1n) is 10.6. The van der Waals surface area contributed by atoms with Crippen LogP contribution in [0.1, 0.15) is 15.9 Å². The van der Waals surface area contributed by atoms with Crippen molar-refractivity contribution in [2.45, 2.75) is 12.6 Å². The number of nitrogens with zero attached hydrogens (tertiary/aromatic N) is 4. The molecule has 188 valence electrons. The lowest BCUT2D eigenvalue weighted by molar-refractivity contribution is -0.384. The van der Waals surface area contributed by atoms with E-state index < -0.39 is 16.9 Å². The molecule has 0 unspecified atom stereocenters. The lowest BCUT2D eigenvalue weighted by atomic mass is 10.0. The molecule has 36 heavy (non-hydrogen) atoms. The molecule has 14 heteroatoms. The van der Waals surface area contributed by atoms with Gasteiger partial charge in [0.1, 0.15) is 6.10 Å². The fraction of sp³-hybridized carbons (Fsp3) is 0.273. The van der Waals surface area contributed by atoms with Gasteiger partial charge in [-0.3, -0.25) is 14.9 Å². The van der Waals surface area contributed by atoms with Gasteiger partial charge in [0.25, 0.3) is 11.6 Å². The number of primary amides is 1. The molecular formula is C22H22N6O7S. The normalized spacial score (nSPS) is 13.2. The number of thiophene rings is 1. The number of rotatable bonds is 9. The summed E-state index contributed by atoms with van der Waals surface area (Å²) in [6.45, 7) is 1.26. The lowest BCUT2D eigenvalue weighted by Gasteiger charge is -2.25. The maximum Gasteiger partial charge on any atom is 0.410 e. The van der Waals surface area contributed by atoms with Crippen LogP contribution in [0.5, 0.6) is 10.9 Å². The number of anilines is 1. The Labute approximate surface area is 208 Å². The molecule has 1 aliphatic heterocycles. The topological polar surface area (TPSA) is 172 Å². The molecule has 0 radical (unpaired) electrons. The maximum atomic E-state index is 13.4. The van der Waals surface area contributed by atoms with E-state index in [1.807, 2.05) is 19.0 Å². The third-order valence-corrected chi connectivity index (χ3v) is 6.15. The van der Waals surface area contributed by atoms with Crippen molar-refractivity contribution in [3.63, 3.8) is 0 Å². The minimum Gasteiger partial charge on any atom is -0.468 e. The molecule has 1 aliphatic rings. The summed E-state index contributed by atoms with van der Waals surface area (Å²) in [6.07, 6.45) is -1.16. The summed E-state index contributed by atoms with van der Waals surface area (Å²) >= 11 is 1.03. The van der Waals surface area contributed by atoms with Crippen molar-refractivity contribution in [2.24, 2.45) is 5.73 Å². The van der Waals surface area contributed by atoms with E-state index in [9.17, 15) is 19.7 Å². The molecule has 0 bridgehead atoms. The quantitative estimate of drug-likeness (QED) is 0.319. The standard InChI is InChI=1S/C22H22N6O7S/c1-27(2)9-15-18(20(29)24-16-7-8-17(26-25-16)34-14-10-33-11-14)21(35-22(23)30)36-19(15)12-3-5-13(6-4-12)28(31)32/h3-8,14H,9-11H2,1-2H3,(H2,23,30)(H,24,25,29). The van der Waals surface area contributed by atoms with Crippen LogP contribution in [0.25, 0.3) is 10.4 Å². The van der Waals surface area contributed by atoms with Crippen LogP contribution in [-0.4, -0.2) is 65.4 Å². The Morgan fingerprint density at radius 1 is 1.22 bits per heavy atom. The smallest absolute Gasteiger partial charge is 0.410 e. The van der Waals surface area contributed by atoms with Crippen molar-refractivity contribution < 1.29 is 28.7 Å². The van der Waals surface area contributed by atoms with Crippen molar-refractivity contribution >= 4 is 34.8 Å². The van der Waals surface area contributed by atoms with Crippen LogP contribution in [0.4, 0.5) is 16.3 Å². The molecule has 1 fully saturated rings. The second kappa shape index (κ2) is 10.6. The molecule has 3 heterocycles. The number of aromatic nitrogens is 2. The predicted molar refractivity (Wildman–Crippen MR) is 129 cm³/mol. The van der Waals surface area contributed by atoms with Crippen molar-refractivity contribution in [1.82, 2.24) is 15.1 Å². The van der Waals surface area contributed by atoms with E-state index in [-0.39, 0.29) is 28.2 Å². The molecule has 13 nitrogen and oxygen atoms in total. The first-order chi connectivity index (χ1) is 17.2. The third-order valence-electron chi connectivity index (χ3n) is 4.99. The van der Waals surface area contributed by atoms with Crippen molar-refractivity contribution in [3.8, 4) is 21.4 Å². The van der Waals surface area contributed by atoms with Crippen LogP contribution in [0.15, 0.2) is 36.4 Å². The second-order valence-corrected chi connectivity index (χ2v) is 9.01. The van der Waals surface area contributed by atoms with Gasteiger partial charge in [-0.1, -0.05) is 11.3 Å². The number of ether oxygens (including phenoxy) is 3. The number of benzene rings is 1. The molecule has 3 aromatic rings. The highest BCUT2D eigenvalue weighted by atomic mass is 32.1. The van der Waals surface area contributed by atoms with Gasteiger partial charge < -0.3 is 30.2 Å². The van der Waals surface area contributed by atoms with Crippen LogP contribution >= 0.6 is 11.3 Å². The summed E-state index contributed by atoms with van der Waals surface area (Å²) in [7, 11) is 3.62. The van der Waals surface area contributed by atoms with Crippen molar-refractivity contribution in [1.29, 1.82) is 0 Å². The lowest BCUT2D eigenvalue weighted by Crippen LogP contribution is -2.38. The molecule has 2 aromatic heterocycles. The summed E-state index contributed by atoms with van der Waals surface area (Å²) in [6, 6.07) is 8.95. The Morgan fingerprint density at radius 2 is 1.94 bits per heavy atom. The molecule has 0 aliphatic carbocycles. The number of nitrogens with one attached hydrogen (secondary N) is 1. The number of nitrogens with two attached hydrogens (primary N) is 1. The minimum atomic E-state index is -1.08. The number of nitro groups is 1.